The number of hydrogen-bond donors (Lipinski definition) is 4. The molecule has 17 heteroatoms. The van der Waals surface area contributed by atoms with Gasteiger partial charge >= 0.3 is 12.1 Å². The smallest absolute Gasteiger partial charge is 0.434 e. The first-order chi connectivity index (χ1) is 16.5. The monoisotopic (exact) mass is 546 g/mol. The Morgan fingerprint density at radius 1 is 1.31 bits per heavy atom. The quantitative estimate of drug-likeness (QED) is 0.183. The minimum absolute atomic E-state index is 0.00716. The molecule has 4 rings (SSSR count). The van der Waals surface area contributed by atoms with Crippen LogP contribution in [0, 0.1) is 0 Å². The first-order valence-electron chi connectivity index (χ1n) is 9.37. The number of β-lactam (4-membered cyclic amide) rings is 1. The summed E-state index contributed by atoms with van der Waals surface area (Å²) in [6.07, 6.45) is -2.36. The van der Waals surface area contributed by atoms with E-state index in [4.69, 9.17) is 5.73 Å². The number of carbonyl (C=O) groups is 3. The van der Waals surface area contributed by atoms with Gasteiger partial charge < -0.3 is 21.4 Å². The summed E-state index contributed by atoms with van der Waals surface area (Å²) in [6.45, 7) is 0. The van der Waals surface area contributed by atoms with Gasteiger partial charge in [0.1, 0.15) is 22.8 Å². The van der Waals surface area contributed by atoms with Crippen LogP contribution in [-0.2, 0) is 20.6 Å². The SMILES string of the molecule is Nc1nc(/C(=N\O)C(=O)NC2C(=O)N3C(C(=O)O)=C(/C=C/c4scnc4C(F)(F)F)CS[C@H]23)cs1. The molecule has 2 amide bonds. The molecule has 0 aromatic carbocycles. The largest absolute Gasteiger partial charge is 0.477 e. The molecule has 2 aromatic heterocycles. The highest BCUT2D eigenvalue weighted by atomic mass is 32.2. The second-order valence-electron chi connectivity index (χ2n) is 6.96. The minimum Gasteiger partial charge on any atom is -0.477 e. The number of carboxylic acid groups (broad SMARTS) is 1. The van der Waals surface area contributed by atoms with Gasteiger partial charge in [-0.15, -0.1) is 34.4 Å². The number of carboxylic acids is 1. The van der Waals surface area contributed by atoms with Crippen LogP contribution < -0.4 is 11.1 Å². The van der Waals surface area contributed by atoms with Crippen molar-refractivity contribution in [3.8, 4) is 0 Å². The van der Waals surface area contributed by atoms with Crippen LogP contribution in [0.2, 0.25) is 0 Å². The molecule has 35 heavy (non-hydrogen) atoms. The third kappa shape index (κ3) is 4.61. The molecule has 4 heterocycles. The Hall–Kier alpha value is -3.44. The molecule has 0 aliphatic carbocycles. The number of alkyl halides is 3. The summed E-state index contributed by atoms with van der Waals surface area (Å²) in [5.74, 6) is -3.08. The van der Waals surface area contributed by atoms with Gasteiger partial charge in [0.2, 0.25) is 0 Å². The molecule has 0 saturated carbocycles. The van der Waals surface area contributed by atoms with Crippen molar-refractivity contribution >= 4 is 69.1 Å². The highest BCUT2D eigenvalue weighted by molar-refractivity contribution is 8.00. The standard InChI is InChI=1S/C18H13F3N6O5S3/c19-18(20,21)12-8(35-5-23-12)2-1-6-3-33-15-10(14(29)27(15)11(6)16(30)31)25-13(28)9(26-32)7-4-34-17(22)24-7/h1-2,4-5,10,15,32H,3H2,(H2,22,24)(H,25,28)(H,30,31)/b2-1+,26-9+/t10?,15-/m1/s1. The number of amides is 2. The van der Waals surface area contributed by atoms with E-state index in [1.54, 1.807) is 0 Å². The van der Waals surface area contributed by atoms with E-state index in [-0.39, 0.29) is 27.0 Å². The number of nitrogen functional groups attached to an aromatic ring is 1. The third-order valence-electron chi connectivity index (χ3n) is 4.87. The summed E-state index contributed by atoms with van der Waals surface area (Å²) in [5.41, 5.74) is 4.67. The van der Waals surface area contributed by atoms with Gasteiger partial charge in [0, 0.05) is 11.1 Å². The van der Waals surface area contributed by atoms with Gasteiger partial charge in [-0.2, -0.15) is 13.2 Å². The first kappa shape index (κ1) is 24.7. The van der Waals surface area contributed by atoms with Crippen molar-refractivity contribution in [2.45, 2.75) is 17.6 Å². The number of thioether (sulfide) groups is 1. The predicted octanol–water partition coefficient (Wildman–Crippen LogP) is 1.83. The number of thiazole rings is 2. The molecule has 0 radical (unpaired) electrons. The molecule has 1 unspecified atom stereocenters. The van der Waals surface area contributed by atoms with E-state index in [1.165, 1.54) is 11.5 Å². The lowest BCUT2D eigenvalue weighted by Gasteiger charge is -2.49. The number of aromatic nitrogens is 2. The van der Waals surface area contributed by atoms with Crippen molar-refractivity contribution < 1.29 is 37.9 Å². The number of carbonyl (C=O) groups excluding carboxylic acids is 2. The Balaban J connectivity index is 1.54. The third-order valence-corrected chi connectivity index (χ3v) is 7.64. The number of rotatable bonds is 6. The van der Waals surface area contributed by atoms with Crippen LogP contribution >= 0.6 is 34.4 Å². The van der Waals surface area contributed by atoms with Crippen molar-refractivity contribution in [3.05, 3.63) is 44.5 Å². The minimum atomic E-state index is -4.67. The molecular weight excluding hydrogens is 533 g/mol. The molecule has 184 valence electrons. The van der Waals surface area contributed by atoms with Gasteiger partial charge in [-0.25, -0.2) is 14.8 Å². The number of fused-ring (bicyclic) bond motifs is 1. The maximum Gasteiger partial charge on any atom is 0.434 e. The Labute approximate surface area is 205 Å². The summed E-state index contributed by atoms with van der Waals surface area (Å²) < 4.78 is 39.1. The lowest BCUT2D eigenvalue weighted by molar-refractivity contribution is -0.150. The normalized spacial score (nSPS) is 20.7. The van der Waals surface area contributed by atoms with Crippen molar-refractivity contribution in [1.82, 2.24) is 20.2 Å². The van der Waals surface area contributed by atoms with Crippen LogP contribution in [0.4, 0.5) is 18.3 Å². The van der Waals surface area contributed by atoms with Crippen molar-refractivity contribution in [3.63, 3.8) is 0 Å². The average molecular weight is 547 g/mol. The van der Waals surface area contributed by atoms with E-state index in [2.05, 4.69) is 20.4 Å². The Bertz CT molecular complexity index is 1300. The second-order valence-corrected chi connectivity index (χ2v) is 9.84. The summed E-state index contributed by atoms with van der Waals surface area (Å²) in [4.78, 5) is 45.1. The fourth-order valence-corrected chi connectivity index (χ4v) is 5.92. The van der Waals surface area contributed by atoms with Crippen LogP contribution in [0.5, 0.6) is 0 Å². The van der Waals surface area contributed by atoms with E-state index >= 15 is 0 Å². The van der Waals surface area contributed by atoms with Gasteiger partial charge in [-0.3, -0.25) is 14.5 Å². The van der Waals surface area contributed by atoms with E-state index in [0.717, 1.165) is 50.9 Å². The number of aliphatic carboxylic acids is 1. The van der Waals surface area contributed by atoms with Gasteiger partial charge in [-0.1, -0.05) is 11.2 Å². The molecule has 2 atom stereocenters. The van der Waals surface area contributed by atoms with Crippen molar-refractivity contribution in [2.24, 2.45) is 5.16 Å². The van der Waals surface area contributed by atoms with Crippen LogP contribution in [0.3, 0.4) is 0 Å². The number of allylic oxidation sites excluding steroid dienone is 1. The number of halogens is 3. The highest BCUT2D eigenvalue weighted by Crippen LogP contribution is 2.41. The molecule has 0 spiro atoms. The van der Waals surface area contributed by atoms with E-state index in [0.29, 0.717) is 0 Å². The molecule has 1 fully saturated rings. The number of nitrogens with one attached hydrogen (secondary N) is 1. The number of nitrogens with two attached hydrogens (primary N) is 1. The van der Waals surface area contributed by atoms with Crippen molar-refractivity contribution in [2.75, 3.05) is 11.5 Å². The number of nitrogens with zero attached hydrogens (tertiary/aromatic N) is 4. The zero-order chi connectivity index (χ0) is 25.5. The first-order valence-corrected chi connectivity index (χ1v) is 12.2. The zero-order valence-corrected chi connectivity index (χ0v) is 19.5. The number of hydrogen-bond acceptors (Lipinski definition) is 11. The molecule has 1 saturated heterocycles. The second kappa shape index (κ2) is 9.31. The van der Waals surface area contributed by atoms with Crippen LogP contribution in [0.15, 0.2) is 33.4 Å². The Morgan fingerprint density at radius 2 is 2.06 bits per heavy atom. The topological polar surface area (TPSA) is 171 Å². The lowest BCUT2D eigenvalue weighted by Crippen LogP contribution is -2.71. The maximum atomic E-state index is 13.0. The maximum absolute atomic E-state index is 13.0. The molecule has 5 N–H and O–H groups in total. The van der Waals surface area contributed by atoms with Gasteiger partial charge in [0.05, 0.1) is 10.4 Å². The number of oxime groups is 1. The van der Waals surface area contributed by atoms with Gasteiger partial charge in [-0.05, 0) is 11.6 Å². The molecule has 2 aliphatic heterocycles. The van der Waals surface area contributed by atoms with Crippen LogP contribution in [0.25, 0.3) is 6.08 Å². The molecule has 2 aliphatic rings. The predicted molar refractivity (Wildman–Crippen MR) is 121 cm³/mol. The summed E-state index contributed by atoms with van der Waals surface area (Å²) in [6, 6.07) is -1.13. The lowest BCUT2D eigenvalue weighted by atomic mass is 10.0. The van der Waals surface area contributed by atoms with E-state index < -0.39 is 52.5 Å². The van der Waals surface area contributed by atoms with Crippen molar-refractivity contribution in [1.29, 1.82) is 0 Å². The zero-order valence-electron chi connectivity index (χ0n) is 17.0. The average Bonchev–Trinajstić information content (AvgIpc) is 3.44. The van der Waals surface area contributed by atoms with Gasteiger partial charge in [0.15, 0.2) is 16.5 Å². The highest BCUT2D eigenvalue weighted by Gasteiger charge is 2.54. The number of anilines is 1. The molecule has 0 bridgehead atoms. The fourth-order valence-electron chi connectivity index (χ4n) is 3.35. The molecular formula is C18H13F3N6O5S3. The van der Waals surface area contributed by atoms with E-state index in [9.17, 15) is 37.9 Å². The summed E-state index contributed by atoms with van der Waals surface area (Å²) in [7, 11) is 0. The van der Waals surface area contributed by atoms with E-state index in [1.807, 2.05) is 0 Å². The molecule has 2 aromatic rings. The Kier molecular flexibility index (Phi) is 6.56. The van der Waals surface area contributed by atoms with Crippen LogP contribution in [0.1, 0.15) is 16.3 Å². The molecule has 11 nitrogen and oxygen atoms in total. The Morgan fingerprint density at radius 3 is 2.66 bits per heavy atom. The van der Waals surface area contributed by atoms with Gasteiger partial charge in [0.25, 0.3) is 11.8 Å². The van der Waals surface area contributed by atoms with Crippen LogP contribution in [-0.4, -0.2) is 65.8 Å². The summed E-state index contributed by atoms with van der Waals surface area (Å²) >= 11 is 2.85. The summed E-state index contributed by atoms with van der Waals surface area (Å²) in [5, 5.41) is 24.9. The fraction of sp³-hybridized carbons (Fsp3) is 0.222.